The average molecular weight is 160 g/mol. The lowest BCUT2D eigenvalue weighted by atomic mass is 10.2. The summed E-state index contributed by atoms with van der Waals surface area (Å²) in [5.41, 5.74) is 12.6. The second-order valence-electron chi connectivity index (χ2n) is 2.53. The number of rotatable bonds is 0. The minimum absolute atomic E-state index is 0.424. The molecule has 4 heteroatoms. The summed E-state index contributed by atoms with van der Waals surface area (Å²) in [7, 11) is 0. The van der Waals surface area contributed by atoms with Gasteiger partial charge in [0, 0.05) is 23.3 Å². The number of nitrogens with two attached hydrogens (primary N) is 2. The molecule has 0 unspecified atom stereocenters. The van der Waals surface area contributed by atoms with Crippen LogP contribution in [0, 0.1) is 0 Å². The molecule has 2 heterocycles. The molecule has 0 amide bonds. The highest BCUT2D eigenvalue weighted by Crippen LogP contribution is 2.19. The lowest BCUT2D eigenvalue weighted by Gasteiger charge is -2.00. The van der Waals surface area contributed by atoms with Gasteiger partial charge in [-0.25, -0.2) is 4.98 Å². The highest BCUT2D eigenvalue weighted by molar-refractivity contribution is 5.90. The summed E-state index contributed by atoms with van der Waals surface area (Å²) in [6.07, 6.45) is 3.32. The van der Waals surface area contributed by atoms with Gasteiger partial charge in [0.2, 0.25) is 0 Å². The summed E-state index contributed by atoms with van der Waals surface area (Å²) < 4.78 is 0. The van der Waals surface area contributed by atoms with Gasteiger partial charge in [-0.05, 0) is 6.07 Å². The van der Waals surface area contributed by atoms with Gasteiger partial charge in [0.25, 0.3) is 0 Å². The van der Waals surface area contributed by atoms with Crippen LogP contribution in [-0.2, 0) is 0 Å². The van der Waals surface area contributed by atoms with E-state index in [1.165, 1.54) is 0 Å². The first kappa shape index (κ1) is 6.84. The molecule has 2 aromatic heterocycles. The van der Waals surface area contributed by atoms with E-state index in [1.807, 2.05) is 6.07 Å². The molecule has 2 rings (SSSR count). The largest absolute Gasteiger partial charge is 0.398 e. The van der Waals surface area contributed by atoms with Crippen LogP contribution in [0.4, 0.5) is 11.5 Å². The number of nitrogen functional groups attached to an aromatic ring is 2. The Balaban J connectivity index is 2.89. The number of hydrogen-bond acceptors (Lipinski definition) is 4. The molecule has 0 bridgehead atoms. The molecule has 0 aliphatic carbocycles. The molecule has 0 aromatic carbocycles. The van der Waals surface area contributed by atoms with Crippen LogP contribution in [0.2, 0.25) is 0 Å². The smallest absolute Gasteiger partial charge is 0.126 e. The van der Waals surface area contributed by atoms with E-state index in [0.29, 0.717) is 11.5 Å². The van der Waals surface area contributed by atoms with Crippen molar-refractivity contribution in [2.45, 2.75) is 0 Å². The van der Waals surface area contributed by atoms with Crippen LogP contribution in [0.15, 0.2) is 24.5 Å². The van der Waals surface area contributed by atoms with Gasteiger partial charge < -0.3 is 11.5 Å². The third-order valence-electron chi connectivity index (χ3n) is 1.66. The number of nitrogens with zero attached hydrogens (tertiary/aromatic N) is 2. The van der Waals surface area contributed by atoms with Crippen LogP contribution in [-0.4, -0.2) is 9.97 Å². The van der Waals surface area contributed by atoms with E-state index in [9.17, 15) is 0 Å². The second kappa shape index (κ2) is 2.34. The summed E-state index contributed by atoms with van der Waals surface area (Å²) in [5.74, 6) is 0.424. The first-order valence-corrected chi connectivity index (χ1v) is 3.53. The summed E-state index contributed by atoms with van der Waals surface area (Å²) >= 11 is 0. The molecule has 12 heavy (non-hydrogen) atoms. The highest BCUT2D eigenvalue weighted by atomic mass is 14.9. The normalized spacial score (nSPS) is 10.3. The molecule has 0 saturated heterocycles. The van der Waals surface area contributed by atoms with Crippen LogP contribution in [0.3, 0.4) is 0 Å². The van der Waals surface area contributed by atoms with Gasteiger partial charge in [-0.1, -0.05) is 0 Å². The number of aromatic nitrogens is 2. The SMILES string of the molecule is Nc1cc(N)c2ccncc2n1. The maximum absolute atomic E-state index is 5.71. The van der Waals surface area contributed by atoms with Crippen molar-refractivity contribution in [3.63, 3.8) is 0 Å². The van der Waals surface area contributed by atoms with Gasteiger partial charge in [-0.15, -0.1) is 0 Å². The fourth-order valence-electron chi connectivity index (χ4n) is 1.13. The van der Waals surface area contributed by atoms with E-state index < -0.39 is 0 Å². The molecule has 2 aromatic rings. The van der Waals surface area contributed by atoms with Gasteiger partial charge in [-0.3, -0.25) is 4.98 Å². The van der Waals surface area contributed by atoms with Gasteiger partial charge in [0.15, 0.2) is 0 Å². The number of fused-ring (bicyclic) bond motifs is 1. The van der Waals surface area contributed by atoms with Crippen LogP contribution in [0.25, 0.3) is 10.9 Å². The summed E-state index contributed by atoms with van der Waals surface area (Å²) in [5, 5.41) is 0.888. The Kier molecular flexibility index (Phi) is 1.33. The average Bonchev–Trinajstić information content (AvgIpc) is 2.04. The molecular formula is C8H8N4. The predicted octanol–water partition coefficient (Wildman–Crippen LogP) is 0.794. The lowest BCUT2D eigenvalue weighted by Crippen LogP contribution is -1.95. The maximum Gasteiger partial charge on any atom is 0.126 e. The topological polar surface area (TPSA) is 77.8 Å². The van der Waals surface area contributed by atoms with E-state index >= 15 is 0 Å². The summed E-state index contributed by atoms with van der Waals surface area (Å²) in [6.45, 7) is 0. The standard InChI is InChI=1S/C8H8N4/c9-6-3-8(10)12-7-4-11-2-1-5(6)7/h1-4H,(H4,9,10,12). The van der Waals surface area contributed by atoms with Crippen molar-refractivity contribution in [2.24, 2.45) is 0 Å². The minimum Gasteiger partial charge on any atom is -0.398 e. The molecule has 4 N–H and O–H groups in total. The van der Waals surface area contributed by atoms with Crippen molar-refractivity contribution in [3.05, 3.63) is 24.5 Å². The molecule has 0 fully saturated rings. The Labute approximate surface area is 69.2 Å². The van der Waals surface area contributed by atoms with E-state index in [4.69, 9.17) is 11.5 Å². The van der Waals surface area contributed by atoms with Crippen molar-refractivity contribution in [2.75, 3.05) is 11.5 Å². The van der Waals surface area contributed by atoms with Crippen molar-refractivity contribution in [1.82, 2.24) is 9.97 Å². The van der Waals surface area contributed by atoms with Crippen LogP contribution in [0.5, 0.6) is 0 Å². The molecule has 0 aliphatic rings. The molecule has 0 spiro atoms. The first-order valence-electron chi connectivity index (χ1n) is 3.53. The van der Waals surface area contributed by atoms with Gasteiger partial charge in [0.05, 0.1) is 11.7 Å². The zero-order chi connectivity index (χ0) is 8.55. The Morgan fingerprint density at radius 2 is 2.08 bits per heavy atom. The summed E-state index contributed by atoms with van der Waals surface area (Å²) in [4.78, 5) is 7.99. The molecule has 0 radical (unpaired) electrons. The summed E-state index contributed by atoms with van der Waals surface area (Å²) in [6, 6.07) is 3.46. The van der Waals surface area contributed by atoms with Crippen LogP contribution < -0.4 is 11.5 Å². The molecule has 0 atom stereocenters. The number of hydrogen-bond donors (Lipinski definition) is 2. The Hall–Kier alpha value is -1.84. The molecule has 0 aliphatic heterocycles. The van der Waals surface area contributed by atoms with Crippen molar-refractivity contribution in [1.29, 1.82) is 0 Å². The zero-order valence-corrected chi connectivity index (χ0v) is 6.36. The molecular weight excluding hydrogens is 152 g/mol. The van der Waals surface area contributed by atoms with Crippen molar-refractivity contribution >= 4 is 22.4 Å². The van der Waals surface area contributed by atoms with E-state index in [0.717, 1.165) is 10.9 Å². The zero-order valence-electron chi connectivity index (χ0n) is 6.36. The van der Waals surface area contributed by atoms with Crippen molar-refractivity contribution < 1.29 is 0 Å². The third-order valence-corrected chi connectivity index (χ3v) is 1.66. The first-order chi connectivity index (χ1) is 5.77. The van der Waals surface area contributed by atoms with E-state index in [2.05, 4.69) is 9.97 Å². The van der Waals surface area contributed by atoms with E-state index in [1.54, 1.807) is 18.5 Å². The maximum atomic E-state index is 5.71. The lowest BCUT2D eigenvalue weighted by molar-refractivity contribution is 1.32. The van der Waals surface area contributed by atoms with Crippen LogP contribution in [0.1, 0.15) is 0 Å². The fourth-order valence-corrected chi connectivity index (χ4v) is 1.13. The Bertz CT molecular complexity index is 424. The second-order valence-corrected chi connectivity index (χ2v) is 2.53. The quantitative estimate of drug-likeness (QED) is 0.597. The predicted molar refractivity (Wildman–Crippen MR) is 48.4 cm³/mol. The minimum atomic E-state index is 0.424. The Morgan fingerprint density at radius 3 is 2.92 bits per heavy atom. The third kappa shape index (κ3) is 0.934. The number of anilines is 2. The van der Waals surface area contributed by atoms with Crippen LogP contribution >= 0.6 is 0 Å². The molecule has 60 valence electrons. The monoisotopic (exact) mass is 160 g/mol. The van der Waals surface area contributed by atoms with Gasteiger partial charge in [0.1, 0.15) is 5.82 Å². The fraction of sp³-hybridized carbons (Fsp3) is 0. The molecule has 4 nitrogen and oxygen atoms in total. The van der Waals surface area contributed by atoms with Crippen molar-refractivity contribution in [3.8, 4) is 0 Å². The molecule has 0 saturated carbocycles. The Morgan fingerprint density at radius 1 is 1.25 bits per heavy atom. The highest BCUT2D eigenvalue weighted by Gasteiger charge is 1.99. The van der Waals surface area contributed by atoms with E-state index in [-0.39, 0.29) is 0 Å². The number of pyridine rings is 2. The van der Waals surface area contributed by atoms with Gasteiger partial charge >= 0.3 is 0 Å². The van der Waals surface area contributed by atoms with Gasteiger partial charge in [-0.2, -0.15) is 0 Å².